The van der Waals surface area contributed by atoms with Crippen LogP contribution in [-0.4, -0.2) is 19.6 Å². The van der Waals surface area contributed by atoms with E-state index in [1.807, 2.05) is 24.3 Å². The monoisotopic (exact) mass is 259 g/mol. The number of nitrogens with one attached hydrogen (secondary N) is 1. The molecule has 1 aliphatic rings. The SMILES string of the molecule is COC(=O)c1ccc(CNCCC2=CCCC2)cc1. The van der Waals surface area contributed by atoms with Crippen LogP contribution in [0, 0.1) is 0 Å². The smallest absolute Gasteiger partial charge is 0.337 e. The molecule has 0 radical (unpaired) electrons. The number of allylic oxidation sites excluding steroid dienone is 1. The molecule has 1 aromatic carbocycles. The van der Waals surface area contributed by atoms with E-state index >= 15 is 0 Å². The number of carbonyl (C=O) groups is 1. The summed E-state index contributed by atoms with van der Waals surface area (Å²) >= 11 is 0. The van der Waals surface area contributed by atoms with Gasteiger partial charge < -0.3 is 10.1 Å². The highest BCUT2D eigenvalue weighted by Crippen LogP contribution is 2.19. The van der Waals surface area contributed by atoms with E-state index in [0.29, 0.717) is 5.56 Å². The minimum absolute atomic E-state index is 0.285. The summed E-state index contributed by atoms with van der Waals surface area (Å²) in [5.74, 6) is -0.285. The van der Waals surface area contributed by atoms with Crippen LogP contribution in [0.2, 0.25) is 0 Å². The molecule has 0 spiro atoms. The molecular formula is C16H21NO2. The molecule has 1 aromatic rings. The maximum Gasteiger partial charge on any atom is 0.337 e. The summed E-state index contributed by atoms with van der Waals surface area (Å²) in [6.45, 7) is 1.86. The predicted molar refractivity (Wildman–Crippen MR) is 76.0 cm³/mol. The molecule has 2 rings (SSSR count). The van der Waals surface area contributed by atoms with Gasteiger partial charge in [0, 0.05) is 6.54 Å². The lowest BCUT2D eigenvalue weighted by Gasteiger charge is -2.06. The van der Waals surface area contributed by atoms with Gasteiger partial charge in [-0.2, -0.15) is 0 Å². The number of methoxy groups -OCH3 is 1. The van der Waals surface area contributed by atoms with E-state index in [0.717, 1.165) is 19.5 Å². The Morgan fingerprint density at radius 2 is 2.11 bits per heavy atom. The van der Waals surface area contributed by atoms with Crippen LogP contribution >= 0.6 is 0 Å². The first-order valence-corrected chi connectivity index (χ1v) is 6.85. The molecule has 0 bridgehead atoms. The molecule has 19 heavy (non-hydrogen) atoms. The number of esters is 1. The van der Waals surface area contributed by atoms with Crippen molar-refractivity contribution in [2.75, 3.05) is 13.7 Å². The average Bonchev–Trinajstić information content (AvgIpc) is 2.96. The minimum atomic E-state index is -0.285. The molecule has 1 aliphatic carbocycles. The molecule has 0 unspecified atom stereocenters. The number of hydrogen-bond acceptors (Lipinski definition) is 3. The van der Waals surface area contributed by atoms with E-state index in [-0.39, 0.29) is 5.97 Å². The van der Waals surface area contributed by atoms with Crippen LogP contribution < -0.4 is 5.32 Å². The van der Waals surface area contributed by atoms with Crippen molar-refractivity contribution in [3.63, 3.8) is 0 Å². The first-order valence-electron chi connectivity index (χ1n) is 6.85. The van der Waals surface area contributed by atoms with E-state index in [1.54, 1.807) is 5.57 Å². The first kappa shape index (κ1) is 13.8. The van der Waals surface area contributed by atoms with Crippen molar-refractivity contribution in [3.05, 3.63) is 47.0 Å². The summed E-state index contributed by atoms with van der Waals surface area (Å²) < 4.78 is 4.67. The number of hydrogen-bond donors (Lipinski definition) is 1. The van der Waals surface area contributed by atoms with E-state index in [1.165, 1.54) is 31.9 Å². The van der Waals surface area contributed by atoms with Crippen molar-refractivity contribution in [2.24, 2.45) is 0 Å². The second kappa shape index (κ2) is 7.10. The molecule has 0 atom stereocenters. The number of ether oxygens (including phenoxy) is 1. The normalized spacial score (nSPS) is 14.3. The van der Waals surface area contributed by atoms with Crippen molar-refractivity contribution in [3.8, 4) is 0 Å². The Morgan fingerprint density at radius 3 is 2.74 bits per heavy atom. The maximum absolute atomic E-state index is 11.3. The molecule has 3 nitrogen and oxygen atoms in total. The fraction of sp³-hybridized carbons (Fsp3) is 0.438. The highest BCUT2D eigenvalue weighted by atomic mass is 16.5. The summed E-state index contributed by atoms with van der Waals surface area (Å²) in [7, 11) is 1.40. The molecule has 0 amide bonds. The summed E-state index contributed by atoms with van der Waals surface area (Å²) in [5, 5.41) is 3.43. The van der Waals surface area contributed by atoms with E-state index < -0.39 is 0 Å². The first-order chi connectivity index (χ1) is 9.29. The Hall–Kier alpha value is -1.61. The summed E-state index contributed by atoms with van der Waals surface area (Å²) in [6, 6.07) is 7.55. The van der Waals surface area contributed by atoms with Gasteiger partial charge >= 0.3 is 5.97 Å². The van der Waals surface area contributed by atoms with Crippen LogP contribution in [-0.2, 0) is 11.3 Å². The van der Waals surface area contributed by atoms with Gasteiger partial charge in [0.25, 0.3) is 0 Å². The van der Waals surface area contributed by atoms with Crippen molar-refractivity contribution in [1.82, 2.24) is 5.32 Å². The van der Waals surface area contributed by atoms with E-state index in [2.05, 4.69) is 16.1 Å². The maximum atomic E-state index is 11.3. The third-order valence-electron chi connectivity index (χ3n) is 3.46. The fourth-order valence-electron chi connectivity index (χ4n) is 2.32. The molecule has 102 valence electrons. The topological polar surface area (TPSA) is 38.3 Å². The zero-order valence-corrected chi connectivity index (χ0v) is 11.4. The van der Waals surface area contributed by atoms with Gasteiger partial charge in [0.1, 0.15) is 0 Å². The molecular weight excluding hydrogens is 238 g/mol. The highest BCUT2D eigenvalue weighted by Gasteiger charge is 2.05. The molecule has 0 heterocycles. The third-order valence-corrected chi connectivity index (χ3v) is 3.46. The van der Waals surface area contributed by atoms with Gasteiger partial charge in [-0.15, -0.1) is 0 Å². The third kappa shape index (κ3) is 4.21. The molecule has 0 fully saturated rings. The van der Waals surface area contributed by atoms with Gasteiger partial charge in [0.15, 0.2) is 0 Å². The van der Waals surface area contributed by atoms with Crippen molar-refractivity contribution in [1.29, 1.82) is 0 Å². The highest BCUT2D eigenvalue weighted by molar-refractivity contribution is 5.89. The second-order valence-electron chi connectivity index (χ2n) is 4.87. The number of rotatable bonds is 6. The Labute approximate surface area is 114 Å². The van der Waals surface area contributed by atoms with Crippen LogP contribution in [0.15, 0.2) is 35.9 Å². The van der Waals surface area contributed by atoms with Crippen LogP contribution in [0.5, 0.6) is 0 Å². The van der Waals surface area contributed by atoms with E-state index in [9.17, 15) is 4.79 Å². The lowest BCUT2D eigenvalue weighted by Crippen LogP contribution is -2.15. The predicted octanol–water partition coefficient (Wildman–Crippen LogP) is 3.06. The zero-order chi connectivity index (χ0) is 13.5. The average molecular weight is 259 g/mol. The van der Waals surface area contributed by atoms with Crippen molar-refractivity contribution < 1.29 is 9.53 Å². The van der Waals surface area contributed by atoms with Crippen LogP contribution in [0.3, 0.4) is 0 Å². The molecule has 0 saturated carbocycles. The summed E-state index contributed by atoms with van der Waals surface area (Å²) in [6.07, 6.45) is 7.37. The van der Waals surface area contributed by atoms with Crippen LogP contribution in [0.1, 0.15) is 41.6 Å². The Morgan fingerprint density at radius 1 is 1.32 bits per heavy atom. The molecule has 1 N–H and O–H groups in total. The minimum Gasteiger partial charge on any atom is -0.465 e. The largest absolute Gasteiger partial charge is 0.465 e. The van der Waals surface area contributed by atoms with Gasteiger partial charge in [-0.05, 0) is 49.9 Å². The Bertz CT molecular complexity index is 448. The zero-order valence-electron chi connectivity index (χ0n) is 11.4. The van der Waals surface area contributed by atoms with Gasteiger partial charge in [0.05, 0.1) is 12.7 Å². The summed E-state index contributed by atoms with van der Waals surface area (Å²) in [5.41, 5.74) is 3.38. The van der Waals surface area contributed by atoms with Gasteiger partial charge in [-0.25, -0.2) is 4.79 Å². The molecule has 3 heteroatoms. The molecule has 0 aromatic heterocycles. The molecule has 0 aliphatic heterocycles. The van der Waals surface area contributed by atoms with Crippen LogP contribution in [0.4, 0.5) is 0 Å². The number of carbonyl (C=O) groups excluding carboxylic acids is 1. The van der Waals surface area contributed by atoms with Crippen molar-refractivity contribution >= 4 is 5.97 Å². The second-order valence-corrected chi connectivity index (χ2v) is 4.87. The lowest BCUT2D eigenvalue weighted by molar-refractivity contribution is 0.0600. The van der Waals surface area contributed by atoms with Crippen molar-refractivity contribution in [2.45, 2.75) is 32.2 Å². The standard InChI is InChI=1S/C16H21NO2/c1-19-16(18)15-8-6-14(7-9-15)12-17-11-10-13-4-2-3-5-13/h4,6-9,17H,2-3,5,10-12H2,1H3. The van der Waals surface area contributed by atoms with Crippen LogP contribution in [0.25, 0.3) is 0 Å². The van der Waals surface area contributed by atoms with E-state index in [4.69, 9.17) is 0 Å². The van der Waals surface area contributed by atoms with Gasteiger partial charge in [-0.3, -0.25) is 0 Å². The number of benzene rings is 1. The quantitative estimate of drug-likeness (QED) is 0.485. The molecule has 0 saturated heterocycles. The lowest BCUT2D eigenvalue weighted by atomic mass is 10.1. The van der Waals surface area contributed by atoms with Gasteiger partial charge in [0.2, 0.25) is 0 Å². The summed E-state index contributed by atoms with van der Waals surface area (Å²) in [4.78, 5) is 11.3. The Balaban J connectivity index is 1.72. The fourth-order valence-corrected chi connectivity index (χ4v) is 2.32. The van der Waals surface area contributed by atoms with Gasteiger partial charge in [-0.1, -0.05) is 23.8 Å². The Kier molecular flexibility index (Phi) is 5.16.